The van der Waals surface area contributed by atoms with Crippen molar-refractivity contribution in [3.63, 3.8) is 0 Å². The summed E-state index contributed by atoms with van der Waals surface area (Å²) in [7, 11) is 0. The summed E-state index contributed by atoms with van der Waals surface area (Å²) in [6.45, 7) is 14.4. The van der Waals surface area contributed by atoms with E-state index in [1.54, 1.807) is 6.08 Å². The number of hydrogen-bond acceptors (Lipinski definition) is 2. The van der Waals surface area contributed by atoms with Crippen LogP contribution in [0.1, 0.15) is 119 Å². The van der Waals surface area contributed by atoms with Crippen molar-refractivity contribution in [3.05, 3.63) is 12.2 Å². The van der Waals surface area contributed by atoms with Crippen LogP contribution < -0.4 is 0 Å². The molecule has 0 aromatic heterocycles. The third-order valence-electron chi connectivity index (χ3n) is 11.4. The molecular formula is C31H52O2. The Morgan fingerprint density at radius 1 is 0.970 bits per heavy atom. The van der Waals surface area contributed by atoms with Crippen LogP contribution in [0.3, 0.4) is 0 Å². The van der Waals surface area contributed by atoms with E-state index in [4.69, 9.17) is 4.74 Å². The summed E-state index contributed by atoms with van der Waals surface area (Å²) in [6, 6.07) is 0. The fourth-order valence-electron chi connectivity index (χ4n) is 9.81. The van der Waals surface area contributed by atoms with Crippen molar-refractivity contribution in [2.45, 2.75) is 125 Å². The molecule has 0 N–H and O–H groups in total. The molecule has 0 amide bonds. The molecule has 0 spiro atoms. The zero-order valence-electron chi connectivity index (χ0n) is 22.6. The molecule has 4 rings (SSSR count). The van der Waals surface area contributed by atoms with Crippen molar-refractivity contribution in [1.82, 2.24) is 0 Å². The summed E-state index contributed by atoms with van der Waals surface area (Å²) >= 11 is 0. The Bertz CT molecular complexity index is 710. The van der Waals surface area contributed by atoms with Gasteiger partial charge in [0.05, 0.1) is 0 Å². The average Bonchev–Trinajstić information content (AvgIpc) is 3.11. The molecule has 2 nitrogen and oxygen atoms in total. The van der Waals surface area contributed by atoms with Crippen LogP contribution in [0.15, 0.2) is 12.2 Å². The first-order valence-electron chi connectivity index (χ1n) is 14.5. The van der Waals surface area contributed by atoms with Gasteiger partial charge in [0.15, 0.2) is 0 Å². The molecular weight excluding hydrogens is 404 g/mol. The van der Waals surface area contributed by atoms with Gasteiger partial charge in [0.2, 0.25) is 0 Å². The summed E-state index contributed by atoms with van der Waals surface area (Å²) in [4.78, 5) is 12.5. The van der Waals surface area contributed by atoms with Gasteiger partial charge in [0.25, 0.3) is 0 Å². The second kappa shape index (κ2) is 10.1. The molecule has 33 heavy (non-hydrogen) atoms. The van der Waals surface area contributed by atoms with Gasteiger partial charge in [-0.1, -0.05) is 60.0 Å². The van der Waals surface area contributed by atoms with Gasteiger partial charge in [-0.3, -0.25) is 0 Å². The normalized spacial score (nSPS) is 43.7. The van der Waals surface area contributed by atoms with Crippen LogP contribution in [-0.2, 0) is 9.53 Å². The Morgan fingerprint density at radius 3 is 2.48 bits per heavy atom. The predicted molar refractivity (Wildman–Crippen MR) is 138 cm³/mol. The van der Waals surface area contributed by atoms with Gasteiger partial charge in [0, 0.05) is 11.5 Å². The van der Waals surface area contributed by atoms with E-state index in [1.807, 2.05) is 13.0 Å². The van der Waals surface area contributed by atoms with Gasteiger partial charge in [-0.25, -0.2) is 4.79 Å². The van der Waals surface area contributed by atoms with Crippen LogP contribution in [0.4, 0.5) is 0 Å². The zero-order chi connectivity index (χ0) is 23.8. The SMILES string of the molecule is C/C=C/C(=O)OC1CCC[C@@H]2CC[C@@H]3[C@@H]4CC[C@@H]([C@@H](C)CCCC(C)C)[C@@]4(C)CC[C@@H]3[C@@]12C. The van der Waals surface area contributed by atoms with Crippen LogP contribution >= 0.6 is 0 Å². The Hall–Kier alpha value is -0.790. The Morgan fingerprint density at radius 2 is 1.76 bits per heavy atom. The molecule has 0 bridgehead atoms. The van der Waals surface area contributed by atoms with Crippen molar-refractivity contribution >= 4 is 5.97 Å². The van der Waals surface area contributed by atoms with Crippen molar-refractivity contribution in [3.8, 4) is 0 Å². The molecule has 0 aromatic rings. The maximum Gasteiger partial charge on any atom is 0.330 e. The van der Waals surface area contributed by atoms with E-state index in [-0.39, 0.29) is 17.5 Å². The maximum atomic E-state index is 12.5. The molecule has 2 heteroatoms. The van der Waals surface area contributed by atoms with Crippen LogP contribution in [-0.4, -0.2) is 12.1 Å². The quantitative estimate of drug-likeness (QED) is 0.283. The van der Waals surface area contributed by atoms with E-state index in [1.165, 1.54) is 70.6 Å². The Labute approximate surface area is 204 Å². The van der Waals surface area contributed by atoms with E-state index >= 15 is 0 Å². The topological polar surface area (TPSA) is 26.3 Å². The number of carbonyl (C=O) groups is 1. The van der Waals surface area contributed by atoms with Gasteiger partial charge in [0.1, 0.15) is 6.10 Å². The van der Waals surface area contributed by atoms with E-state index in [9.17, 15) is 4.79 Å². The van der Waals surface area contributed by atoms with E-state index in [2.05, 4.69) is 34.6 Å². The molecule has 0 heterocycles. The third kappa shape index (κ3) is 4.58. The highest BCUT2D eigenvalue weighted by Crippen LogP contribution is 2.68. The molecule has 4 aliphatic carbocycles. The van der Waals surface area contributed by atoms with Crippen molar-refractivity contribution in [1.29, 1.82) is 0 Å². The molecule has 188 valence electrons. The molecule has 4 aliphatic rings. The maximum absolute atomic E-state index is 12.5. The predicted octanol–water partition coefficient (Wildman–Crippen LogP) is 8.60. The zero-order valence-corrected chi connectivity index (χ0v) is 22.6. The minimum atomic E-state index is -0.122. The van der Waals surface area contributed by atoms with Gasteiger partial charge in [-0.05, 0) is 112 Å². The van der Waals surface area contributed by atoms with Crippen LogP contribution in [0.2, 0.25) is 0 Å². The van der Waals surface area contributed by atoms with E-state index < -0.39 is 0 Å². The number of carbonyl (C=O) groups excluding carboxylic acids is 1. The largest absolute Gasteiger partial charge is 0.459 e. The molecule has 0 radical (unpaired) electrons. The minimum absolute atomic E-state index is 0.115. The molecule has 0 aromatic carbocycles. The molecule has 4 saturated carbocycles. The fourth-order valence-corrected chi connectivity index (χ4v) is 9.81. The minimum Gasteiger partial charge on any atom is -0.459 e. The number of allylic oxidation sites excluding steroid dienone is 1. The van der Waals surface area contributed by atoms with Crippen molar-refractivity contribution in [2.24, 2.45) is 52.3 Å². The number of esters is 1. The molecule has 4 fully saturated rings. The summed E-state index contributed by atoms with van der Waals surface area (Å²) in [5.41, 5.74) is 0.716. The molecule has 0 aliphatic heterocycles. The number of ether oxygens (including phenoxy) is 1. The highest BCUT2D eigenvalue weighted by molar-refractivity contribution is 5.82. The lowest BCUT2D eigenvalue weighted by atomic mass is 9.44. The smallest absolute Gasteiger partial charge is 0.330 e. The van der Waals surface area contributed by atoms with Crippen LogP contribution in [0, 0.1) is 52.3 Å². The monoisotopic (exact) mass is 456 g/mol. The first kappa shape index (κ1) is 25.3. The fraction of sp³-hybridized carbons (Fsp3) is 0.903. The third-order valence-corrected chi connectivity index (χ3v) is 11.4. The standard InChI is InChI=1S/C31H52O2/c1-7-10-29(32)33-28-14-9-13-23-15-16-24-26-18-17-25(22(4)12-8-11-21(2)3)30(26,5)20-19-27(24)31(23,28)6/h7,10,21-28H,8-9,11-20H2,1-6H3/b10-7+/t22-,23+,24+,25-,26-,27-,28?,30+,31-/m0/s1. The van der Waals surface area contributed by atoms with E-state index in [0.717, 1.165) is 47.8 Å². The summed E-state index contributed by atoms with van der Waals surface area (Å²) in [5.74, 6) is 5.71. The summed E-state index contributed by atoms with van der Waals surface area (Å²) in [6.07, 6.45) is 19.8. The van der Waals surface area contributed by atoms with Crippen LogP contribution in [0.25, 0.3) is 0 Å². The number of hydrogen-bond donors (Lipinski definition) is 0. The van der Waals surface area contributed by atoms with Gasteiger partial charge >= 0.3 is 5.97 Å². The van der Waals surface area contributed by atoms with Gasteiger partial charge < -0.3 is 4.74 Å². The number of fused-ring (bicyclic) bond motifs is 5. The lowest BCUT2D eigenvalue weighted by Crippen LogP contribution is -2.58. The number of rotatable bonds is 7. The second-order valence-electron chi connectivity index (χ2n) is 13.4. The molecule has 9 atom stereocenters. The van der Waals surface area contributed by atoms with Gasteiger partial charge in [-0.2, -0.15) is 0 Å². The highest BCUT2D eigenvalue weighted by atomic mass is 16.5. The average molecular weight is 457 g/mol. The second-order valence-corrected chi connectivity index (χ2v) is 13.4. The van der Waals surface area contributed by atoms with E-state index in [0.29, 0.717) is 5.41 Å². The summed E-state index contributed by atoms with van der Waals surface area (Å²) < 4.78 is 6.19. The lowest BCUT2D eigenvalue weighted by Gasteiger charge is -2.62. The van der Waals surface area contributed by atoms with Crippen LogP contribution in [0.5, 0.6) is 0 Å². The Balaban J connectivity index is 1.51. The van der Waals surface area contributed by atoms with Crippen molar-refractivity contribution in [2.75, 3.05) is 0 Å². The Kier molecular flexibility index (Phi) is 7.72. The molecule has 0 saturated heterocycles. The lowest BCUT2D eigenvalue weighted by molar-refractivity contribution is -0.188. The highest BCUT2D eigenvalue weighted by Gasteiger charge is 2.62. The first-order valence-corrected chi connectivity index (χ1v) is 14.5. The first-order chi connectivity index (χ1) is 15.7. The molecule has 1 unspecified atom stereocenters. The van der Waals surface area contributed by atoms with Gasteiger partial charge in [-0.15, -0.1) is 0 Å². The van der Waals surface area contributed by atoms with Crippen molar-refractivity contribution < 1.29 is 9.53 Å². The summed E-state index contributed by atoms with van der Waals surface area (Å²) in [5, 5.41) is 0.